The Hall–Kier alpha value is -2.15. The standard InChI is InChI=1S/C17H15ClN2O3S/c18-15-4-1-3-13(9-15)12-24(21,22)20-11-14-6-7-16(19-10-14)17-5-2-8-23-17/h1-10,20H,11-12H2. The van der Waals surface area contributed by atoms with Crippen LogP contribution in [0.3, 0.4) is 0 Å². The number of hydrogen-bond acceptors (Lipinski definition) is 4. The molecule has 24 heavy (non-hydrogen) atoms. The molecule has 0 aliphatic carbocycles. The first-order chi connectivity index (χ1) is 11.5. The van der Waals surface area contributed by atoms with Crippen LogP contribution >= 0.6 is 11.6 Å². The Labute approximate surface area is 145 Å². The van der Waals surface area contributed by atoms with E-state index in [0.717, 1.165) is 5.56 Å². The number of hydrogen-bond donors (Lipinski definition) is 1. The van der Waals surface area contributed by atoms with Crippen molar-refractivity contribution in [2.45, 2.75) is 12.3 Å². The van der Waals surface area contributed by atoms with Crippen LogP contribution in [0.2, 0.25) is 5.02 Å². The predicted molar refractivity (Wildman–Crippen MR) is 92.9 cm³/mol. The summed E-state index contributed by atoms with van der Waals surface area (Å²) in [6.45, 7) is 0.175. The number of pyridine rings is 1. The Morgan fingerprint density at radius 2 is 1.96 bits per heavy atom. The van der Waals surface area contributed by atoms with E-state index in [1.807, 2.05) is 12.1 Å². The smallest absolute Gasteiger partial charge is 0.216 e. The second-order valence-electron chi connectivity index (χ2n) is 5.24. The highest BCUT2D eigenvalue weighted by Gasteiger charge is 2.12. The Morgan fingerprint density at radius 1 is 1.08 bits per heavy atom. The molecule has 0 saturated carbocycles. The highest BCUT2D eigenvalue weighted by atomic mass is 35.5. The molecule has 2 aromatic heterocycles. The van der Waals surface area contributed by atoms with E-state index in [9.17, 15) is 8.42 Å². The fraction of sp³-hybridized carbons (Fsp3) is 0.118. The van der Waals surface area contributed by atoms with Gasteiger partial charge in [-0.15, -0.1) is 0 Å². The molecule has 1 N–H and O–H groups in total. The Balaban J connectivity index is 1.62. The van der Waals surface area contributed by atoms with E-state index in [0.29, 0.717) is 22.0 Å². The minimum absolute atomic E-state index is 0.120. The summed E-state index contributed by atoms with van der Waals surface area (Å²) in [7, 11) is -3.46. The minimum Gasteiger partial charge on any atom is -0.463 e. The first-order valence-electron chi connectivity index (χ1n) is 7.22. The second kappa shape index (κ2) is 7.17. The first kappa shape index (κ1) is 16.7. The summed E-state index contributed by atoms with van der Waals surface area (Å²) in [5, 5.41) is 0.514. The molecule has 0 unspecified atom stereocenters. The number of aromatic nitrogens is 1. The lowest BCUT2D eigenvalue weighted by Crippen LogP contribution is -2.24. The normalized spacial score (nSPS) is 11.5. The number of nitrogens with zero attached hydrogens (tertiary/aromatic N) is 1. The zero-order valence-corrected chi connectivity index (χ0v) is 14.2. The van der Waals surface area contributed by atoms with E-state index in [4.69, 9.17) is 16.0 Å². The number of halogens is 1. The molecule has 0 radical (unpaired) electrons. The molecule has 3 rings (SSSR count). The molecule has 0 aliphatic heterocycles. The zero-order chi connectivity index (χ0) is 17.0. The largest absolute Gasteiger partial charge is 0.463 e. The van der Waals surface area contributed by atoms with E-state index >= 15 is 0 Å². The molecular formula is C17H15ClN2O3S. The molecule has 0 amide bonds. The minimum atomic E-state index is -3.46. The van der Waals surface area contributed by atoms with Gasteiger partial charge in [0, 0.05) is 17.8 Å². The van der Waals surface area contributed by atoms with Crippen LogP contribution in [0.25, 0.3) is 11.5 Å². The van der Waals surface area contributed by atoms with Crippen molar-refractivity contribution in [1.82, 2.24) is 9.71 Å². The molecule has 5 nitrogen and oxygen atoms in total. The lowest BCUT2D eigenvalue weighted by molar-refractivity contribution is 0.578. The fourth-order valence-electron chi connectivity index (χ4n) is 2.19. The van der Waals surface area contributed by atoms with Gasteiger partial charge in [0.05, 0.1) is 12.0 Å². The summed E-state index contributed by atoms with van der Waals surface area (Å²) in [6.07, 6.45) is 3.20. The third kappa shape index (κ3) is 4.44. The molecule has 0 spiro atoms. The third-order valence-electron chi connectivity index (χ3n) is 3.34. The van der Waals surface area contributed by atoms with E-state index in [-0.39, 0.29) is 12.3 Å². The third-order valence-corrected chi connectivity index (χ3v) is 4.87. The predicted octanol–water partition coefficient (Wildman–Crippen LogP) is 3.61. The van der Waals surface area contributed by atoms with Gasteiger partial charge in [0.25, 0.3) is 0 Å². The van der Waals surface area contributed by atoms with Crippen LogP contribution in [0.4, 0.5) is 0 Å². The van der Waals surface area contributed by atoms with Crippen LogP contribution in [0.1, 0.15) is 11.1 Å². The topological polar surface area (TPSA) is 72.2 Å². The maximum absolute atomic E-state index is 12.1. The van der Waals surface area contributed by atoms with Gasteiger partial charge in [0.15, 0.2) is 5.76 Å². The molecule has 0 fully saturated rings. The number of sulfonamides is 1. The van der Waals surface area contributed by atoms with Crippen LogP contribution in [-0.2, 0) is 22.3 Å². The molecular weight excluding hydrogens is 348 g/mol. The van der Waals surface area contributed by atoms with Crippen molar-refractivity contribution >= 4 is 21.6 Å². The summed E-state index contributed by atoms with van der Waals surface area (Å²) in [4.78, 5) is 4.27. The van der Waals surface area contributed by atoms with Gasteiger partial charge in [-0.1, -0.05) is 29.8 Å². The molecule has 0 atom stereocenters. The number of furan rings is 1. The summed E-state index contributed by atoms with van der Waals surface area (Å²) in [5.74, 6) is 0.550. The van der Waals surface area contributed by atoms with Crippen LogP contribution in [0.5, 0.6) is 0 Å². The average molecular weight is 363 g/mol. The molecule has 0 saturated heterocycles. The fourth-order valence-corrected chi connectivity index (χ4v) is 3.51. The van der Waals surface area contributed by atoms with E-state index in [1.54, 1.807) is 48.9 Å². The van der Waals surface area contributed by atoms with Crippen molar-refractivity contribution in [3.63, 3.8) is 0 Å². The van der Waals surface area contributed by atoms with E-state index in [1.165, 1.54) is 0 Å². The number of nitrogens with one attached hydrogen (secondary N) is 1. The number of rotatable bonds is 6. The highest BCUT2D eigenvalue weighted by Crippen LogP contribution is 2.17. The molecule has 0 aliphatic rings. The van der Waals surface area contributed by atoms with Crippen LogP contribution in [-0.4, -0.2) is 13.4 Å². The van der Waals surface area contributed by atoms with E-state index < -0.39 is 10.0 Å². The Morgan fingerprint density at radius 3 is 2.62 bits per heavy atom. The van der Waals surface area contributed by atoms with Crippen molar-refractivity contribution in [2.75, 3.05) is 0 Å². The molecule has 1 aromatic carbocycles. The van der Waals surface area contributed by atoms with Crippen molar-refractivity contribution in [2.24, 2.45) is 0 Å². The van der Waals surface area contributed by atoms with Crippen molar-refractivity contribution in [1.29, 1.82) is 0 Å². The van der Waals surface area contributed by atoms with Gasteiger partial charge < -0.3 is 4.42 Å². The monoisotopic (exact) mass is 362 g/mol. The van der Waals surface area contributed by atoms with Gasteiger partial charge in [-0.3, -0.25) is 4.98 Å². The maximum atomic E-state index is 12.1. The number of benzene rings is 1. The summed E-state index contributed by atoms with van der Waals surface area (Å²) >= 11 is 5.87. The van der Waals surface area contributed by atoms with Crippen LogP contribution < -0.4 is 4.72 Å². The van der Waals surface area contributed by atoms with Gasteiger partial charge in [0.2, 0.25) is 10.0 Å². The summed E-state index contributed by atoms with van der Waals surface area (Å²) in [5.41, 5.74) is 2.10. The van der Waals surface area contributed by atoms with Gasteiger partial charge in [-0.2, -0.15) is 0 Å². The molecule has 3 aromatic rings. The van der Waals surface area contributed by atoms with Crippen molar-refractivity contribution in [3.8, 4) is 11.5 Å². The Bertz CT molecular complexity index is 907. The van der Waals surface area contributed by atoms with Crippen molar-refractivity contribution in [3.05, 3.63) is 77.1 Å². The zero-order valence-electron chi connectivity index (χ0n) is 12.6. The van der Waals surface area contributed by atoms with Gasteiger partial charge in [-0.25, -0.2) is 13.1 Å². The average Bonchev–Trinajstić information content (AvgIpc) is 3.08. The molecule has 7 heteroatoms. The highest BCUT2D eigenvalue weighted by molar-refractivity contribution is 7.88. The van der Waals surface area contributed by atoms with Gasteiger partial charge >= 0.3 is 0 Å². The first-order valence-corrected chi connectivity index (χ1v) is 9.25. The molecule has 0 bridgehead atoms. The van der Waals surface area contributed by atoms with Crippen LogP contribution in [0.15, 0.2) is 65.4 Å². The lowest BCUT2D eigenvalue weighted by Gasteiger charge is -2.07. The van der Waals surface area contributed by atoms with Crippen LogP contribution in [0, 0.1) is 0 Å². The van der Waals surface area contributed by atoms with Crippen molar-refractivity contribution < 1.29 is 12.8 Å². The van der Waals surface area contributed by atoms with Gasteiger partial charge in [0.1, 0.15) is 5.69 Å². The molecule has 124 valence electrons. The van der Waals surface area contributed by atoms with E-state index in [2.05, 4.69) is 9.71 Å². The van der Waals surface area contributed by atoms with Gasteiger partial charge in [-0.05, 0) is 41.5 Å². The second-order valence-corrected chi connectivity index (χ2v) is 7.48. The summed E-state index contributed by atoms with van der Waals surface area (Å²) in [6, 6.07) is 14.0. The lowest BCUT2D eigenvalue weighted by atomic mass is 10.2. The SMILES string of the molecule is O=S(=O)(Cc1cccc(Cl)c1)NCc1ccc(-c2ccco2)nc1. The maximum Gasteiger partial charge on any atom is 0.216 e. The quantitative estimate of drug-likeness (QED) is 0.727. The molecule has 2 heterocycles. The summed E-state index contributed by atoms with van der Waals surface area (Å²) < 4.78 is 32.1. The Kier molecular flexibility index (Phi) is 4.99.